The van der Waals surface area contributed by atoms with Crippen molar-refractivity contribution in [3.05, 3.63) is 45.0 Å². The number of carbonyl (C=O) groups is 2. The summed E-state index contributed by atoms with van der Waals surface area (Å²) in [7, 11) is 0. The van der Waals surface area contributed by atoms with Gasteiger partial charge in [-0.05, 0) is 25.2 Å². The number of fused-ring (bicyclic) bond motifs is 1. The number of aromatic amines is 1. The van der Waals surface area contributed by atoms with Crippen molar-refractivity contribution in [2.75, 3.05) is 13.1 Å². The maximum Gasteiger partial charge on any atom is 0.293 e. The van der Waals surface area contributed by atoms with Crippen molar-refractivity contribution in [3.8, 4) is 0 Å². The Morgan fingerprint density at radius 2 is 2.10 bits per heavy atom. The minimum Gasteiger partial charge on any atom is -0.351 e. The van der Waals surface area contributed by atoms with Gasteiger partial charge in [0.25, 0.3) is 11.5 Å². The Hall–Kier alpha value is -2.97. The van der Waals surface area contributed by atoms with Gasteiger partial charge in [0, 0.05) is 31.6 Å². The Kier molecular flexibility index (Phi) is 4.97. The molecule has 2 aliphatic heterocycles. The number of carbonyl (C=O) groups excluding carboxylic acids is 2. The minimum absolute atomic E-state index is 0.0387. The monoisotopic (exact) mass is 399 g/mol. The van der Waals surface area contributed by atoms with Gasteiger partial charge in [-0.2, -0.15) is 0 Å². The van der Waals surface area contributed by atoms with Crippen LogP contribution < -0.4 is 5.56 Å². The van der Waals surface area contributed by atoms with Crippen LogP contribution in [0.2, 0.25) is 0 Å². The standard InChI is InChI=1S/C20H25N5O4/c1-11(2)14-9-17(29-23-14)20(28)25-7-4-5-16(25)18-21-15-10-24(12(3)26)8-6-13(15)19(27)22-18/h9,11,16H,4-8,10H2,1-3H3,(H,21,22,27)/t16-/m1/s1. The van der Waals surface area contributed by atoms with Crippen LogP contribution in [0, 0.1) is 0 Å². The quantitative estimate of drug-likeness (QED) is 0.842. The molecular weight excluding hydrogens is 374 g/mol. The van der Waals surface area contributed by atoms with Gasteiger partial charge in [-0.25, -0.2) is 4.98 Å². The Bertz CT molecular complexity index is 1010. The second-order valence-corrected chi connectivity index (χ2v) is 7.99. The zero-order valence-electron chi connectivity index (χ0n) is 16.9. The molecule has 0 spiro atoms. The average molecular weight is 399 g/mol. The fourth-order valence-electron chi connectivity index (χ4n) is 3.98. The number of rotatable bonds is 3. The Morgan fingerprint density at radius 1 is 1.31 bits per heavy atom. The van der Waals surface area contributed by atoms with E-state index in [9.17, 15) is 14.4 Å². The van der Waals surface area contributed by atoms with Gasteiger partial charge in [0.2, 0.25) is 11.7 Å². The number of nitrogens with zero attached hydrogens (tertiary/aromatic N) is 4. The van der Waals surface area contributed by atoms with Crippen molar-refractivity contribution in [3.63, 3.8) is 0 Å². The molecule has 9 heteroatoms. The number of H-pyrrole nitrogens is 1. The Labute approximate surface area is 168 Å². The van der Waals surface area contributed by atoms with E-state index >= 15 is 0 Å². The van der Waals surface area contributed by atoms with Crippen LogP contribution in [0.1, 0.15) is 78.9 Å². The second kappa shape index (κ2) is 7.46. The first-order chi connectivity index (χ1) is 13.8. The molecule has 2 aromatic heterocycles. The van der Waals surface area contributed by atoms with E-state index in [1.807, 2.05) is 13.8 Å². The zero-order valence-corrected chi connectivity index (χ0v) is 16.9. The van der Waals surface area contributed by atoms with Crippen molar-refractivity contribution in [1.29, 1.82) is 0 Å². The summed E-state index contributed by atoms with van der Waals surface area (Å²) in [5, 5.41) is 3.97. The minimum atomic E-state index is -0.333. The highest BCUT2D eigenvalue weighted by Gasteiger charge is 2.35. The molecule has 1 N–H and O–H groups in total. The van der Waals surface area contributed by atoms with Crippen LogP contribution in [0.5, 0.6) is 0 Å². The van der Waals surface area contributed by atoms with Gasteiger partial charge in [-0.15, -0.1) is 0 Å². The van der Waals surface area contributed by atoms with E-state index in [1.165, 1.54) is 6.92 Å². The molecule has 0 aromatic carbocycles. The summed E-state index contributed by atoms with van der Waals surface area (Å²) in [6.07, 6.45) is 2.00. The predicted molar refractivity (Wildman–Crippen MR) is 103 cm³/mol. The van der Waals surface area contributed by atoms with Gasteiger partial charge in [-0.3, -0.25) is 14.4 Å². The maximum absolute atomic E-state index is 13.0. The largest absolute Gasteiger partial charge is 0.351 e. The van der Waals surface area contributed by atoms with Crippen LogP contribution in [-0.4, -0.2) is 49.8 Å². The molecule has 2 amide bonds. The van der Waals surface area contributed by atoms with Gasteiger partial charge in [0.05, 0.1) is 24.0 Å². The highest BCUT2D eigenvalue weighted by Crippen LogP contribution is 2.32. The number of likely N-dealkylation sites (tertiary alicyclic amines) is 1. The van der Waals surface area contributed by atoms with Gasteiger partial charge in [0.1, 0.15) is 5.82 Å². The molecule has 0 radical (unpaired) electrons. The first-order valence-corrected chi connectivity index (χ1v) is 10.00. The number of hydrogen-bond donors (Lipinski definition) is 1. The third kappa shape index (κ3) is 3.56. The molecule has 2 aliphatic rings. The van der Waals surface area contributed by atoms with E-state index in [4.69, 9.17) is 4.52 Å². The molecule has 0 aliphatic carbocycles. The summed E-state index contributed by atoms with van der Waals surface area (Å²) >= 11 is 0. The summed E-state index contributed by atoms with van der Waals surface area (Å²) < 4.78 is 5.26. The summed E-state index contributed by atoms with van der Waals surface area (Å²) in [6.45, 7) is 6.88. The second-order valence-electron chi connectivity index (χ2n) is 7.99. The number of nitrogens with one attached hydrogen (secondary N) is 1. The predicted octanol–water partition coefficient (Wildman–Crippen LogP) is 1.76. The third-order valence-corrected chi connectivity index (χ3v) is 5.70. The number of amides is 2. The van der Waals surface area contributed by atoms with Crippen molar-refractivity contribution >= 4 is 11.8 Å². The van der Waals surface area contributed by atoms with E-state index in [0.717, 1.165) is 12.1 Å². The molecule has 2 aromatic rings. The van der Waals surface area contributed by atoms with Crippen molar-refractivity contribution < 1.29 is 14.1 Å². The molecule has 9 nitrogen and oxygen atoms in total. The molecule has 1 fully saturated rings. The van der Waals surface area contributed by atoms with Gasteiger partial charge in [0.15, 0.2) is 0 Å². The molecular formula is C20H25N5O4. The van der Waals surface area contributed by atoms with E-state index < -0.39 is 0 Å². The van der Waals surface area contributed by atoms with Crippen molar-refractivity contribution in [2.24, 2.45) is 0 Å². The lowest BCUT2D eigenvalue weighted by Gasteiger charge is -2.28. The SMILES string of the molecule is CC(=O)N1CCc2c(nc([C@H]3CCCN3C(=O)c3cc(C(C)C)no3)[nH]c2=O)C1. The van der Waals surface area contributed by atoms with Crippen LogP contribution >= 0.6 is 0 Å². The molecule has 0 bridgehead atoms. The van der Waals surface area contributed by atoms with Crippen LogP contribution in [0.4, 0.5) is 0 Å². The lowest BCUT2D eigenvalue weighted by Crippen LogP contribution is -2.39. The first kappa shape index (κ1) is 19.4. The number of aromatic nitrogens is 3. The molecule has 29 heavy (non-hydrogen) atoms. The first-order valence-electron chi connectivity index (χ1n) is 10.00. The Balaban J connectivity index is 1.63. The Morgan fingerprint density at radius 3 is 2.79 bits per heavy atom. The molecule has 4 rings (SSSR count). The topological polar surface area (TPSA) is 112 Å². The van der Waals surface area contributed by atoms with E-state index in [-0.39, 0.29) is 35.1 Å². The average Bonchev–Trinajstić information content (AvgIpc) is 3.36. The van der Waals surface area contributed by atoms with Crippen LogP contribution in [0.15, 0.2) is 15.4 Å². The van der Waals surface area contributed by atoms with Crippen molar-refractivity contribution in [1.82, 2.24) is 24.9 Å². The van der Waals surface area contributed by atoms with Crippen LogP contribution in [0.25, 0.3) is 0 Å². The van der Waals surface area contributed by atoms with Crippen LogP contribution in [0.3, 0.4) is 0 Å². The van der Waals surface area contributed by atoms with E-state index in [2.05, 4.69) is 15.1 Å². The molecule has 0 saturated carbocycles. The zero-order chi connectivity index (χ0) is 20.7. The van der Waals surface area contributed by atoms with E-state index in [0.29, 0.717) is 49.6 Å². The van der Waals surface area contributed by atoms with Crippen LogP contribution in [-0.2, 0) is 17.8 Å². The van der Waals surface area contributed by atoms with Gasteiger partial charge in [-0.1, -0.05) is 19.0 Å². The lowest BCUT2D eigenvalue weighted by molar-refractivity contribution is -0.129. The molecule has 4 heterocycles. The molecule has 0 unspecified atom stereocenters. The fraction of sp³-hybridized carbons (Fsp3) is 0.550. The molecule has 154 valence electrons. The maximum atomic E-state index is 13.0. The van der Waals surface area contributed by atoms with Gasteiger partial charge >= 0.3 is 0 Å². The number of hydrogen-bond acceptors (Lipinski definition) is 6. The normalized spacial score (nSPS) is 19.0. The smallest absolute Gasteiger partial charge is 0.293 e. The highest BCUT2D eigenvalue weighted by atomic mass is 16.5. The van der Waals surface area contributed by atoms with Gasteiger partial charge < -0.3 is 19.3 Å². The fourth-order valence-corrected chi connectivity index (χ4v) is 3.98. The third-order valence-electron chi connectivity index (χ3n) is 5.70. The summed E-state index contributed by atoms with van der Waals surface area (Å²) in [4.78, 5) is 48.2. The van der Waals surface area contributed by atoms with E-state index in [1.54, 1.807) is 15.9 Å². The van der Waals surface area contributed by atoms with Crippen molar-refractivity contribution in [2.45, 2.75) is 58.5 Å². The highest BCUT2D eigenvalue weighted by molar-refractivity contribution is 5.92. The molecule has 1 saturated heterocycles. The molecule has 1 atom stereocenters. The summed E-state index contributed by atoms with van der Waals surface area (Å²) in [5.41, 5.74) is 1.79. The summed E-state index contributed by atoms with van der Waals surface area (Å²) in [6, 6.07) is 1.34. The summed E-state index contributed by atoms with van der Waals surface area (Å²) in [5.74, 6) is 0.538. The lowest BCUT2D eigenvalue weighted by atomic mass is 10.1.